The summed E-state index contributed by atoms with van der Waals surface area (Å²) in [5.74, 6) is -2.43. The van der Waals surface area contributed by atoms with E-state index in [0.29, 0.717) is 38.5 Å². The second-order valence-corrected chi connectivity index (χ2v) is 30.2. The molecule has 0 aliphatic rings. The van der Waals surface area contributed by atoms with E-state index < -0.39 is 97.5 Å². The monoisotopic (exact) mass is 1600 g/mol. The Morgan fingerprint density at radius 1 is 0.259 bits per heavy atom. The van der Waals surface area contributed by atoms with Gasteiger partial charge in [-0.25, -0.2) is 9.13 Å². The van der Waals surface area contributed by atoms with E-state index in [9.17, 15) is 43.2 Å². The molecule has 0 radical (unpaired) electrons. The zero-order valence-electron chi connectivity index (χ0n) is 69.3. The molecule has 112 heavy (non-hydrogen) atoms. The lowest BCUT2D eigenvalue weighted by molar-refractivity contribution is -0.161. The predicted molar refractivity (Wildman–Crippen MR) is 463 cm³/mol. The lowest BCUT2D eigenvalue weighted by Gasteiger charge is -2.21. The highest BCUT2D eigenvalue weighted by Gasteiger charge is 2.30. The first-order valence-electron chi connectivity index (χ1n) is 42.3. The van der Waals surface area contributed by atoms with Crippen LogP contribution in [0.4, 0.5) is 0 Å². The van der Waals surface area contributed by atoms with E-state index in [0.717, 1.165) is 161 Å². The first-order valence-corrected chi connectivity index (χ1v) is 45.3. The maximum Gasteiger partial charge on any atom is 0.472 e. The molecular formula is C93H148O17P2. The summed E-state index contributed by atoms with van der Waals surface area (Å²) in [7, 11) is -10.0. The molecule has 0 aromatic heterocycles. The van der Waals surface area contributed by atoms with Crippen LogP contribution in [-0.4, -0.2) is 96.7 Å². The van der Waals surface area contributed by atoms with Gasteiger partial charge in [0, 0.05) is 25.7 Å². The van der Waals surface area contributed by atoms with Crippen LogP contribution in [0.15, 0.2) is 207 Å². The van der Waals surface area contributed by atoms with Gasteiger partial charge in [0.05, 0.1) is 26.4 Å². The molecule has 0 spiro atoms. The quantitative estimate of drug-likeness (QED) is 0.0169. The minimum absolute atomic E-state index is 0.0178. The number of unbranched alkanes of at least 4 members (excludes halogenated alkanes) is 17. The first-order chi connectivity index (χ1) is 54.7. The van der Waals surface area contributed by atoms with Gasteiger partial charge in [0.15, 0.2) is 12.2 Å². The van der Waals surface area contributed by atoms with Crippen LogP contribution >= 0.6 is 15.6 Å². The van der Waals surface area contributed by atoms with Crippen molar-refractivity contribution in [3.05, 3.63) is 207 Å². The highest BCUT2D eigenvalue weighted by Crippen LogP contribution is 2.45. The van der Waals surface area contributed by atoms with Crippen LogP contribution < -0.4 is 0 Å². The predicted octanol–water partition coefficient (Wildman–Crippen LogP) is 25.4. The molecule has 0 aliphatic carbocycles. The van der Waals surface area contributed by atoms with E-state index in [1.807, 2.05) is 36.5 Å². The molecule has 3 N–H and O–H groups in total. The Bertz CT molecular complexity index is 2940. The standard InChI is InChI=1S/C93H148O17P2/c1-5-9-13-17-21-25-29-33-37-40-43-46-50-54-58-62-66-70-74-78-91(96)104-84-89(110-93(98)80-76-72-68-64-60-56-52-48-45-42-39-35-31-27-23-19-15-11-7-3)86-108-112(101,102)106-82-87(94)81-105-111(99,100)107-85-88(83-103-90(95)77-73-69-65-61-57-53-49-36-32-28-24-20-16-12-8-4)109-92(97)79-75-71-67-63-59-55-51-47-44-41-38-34-30-26-22-18-14-10-6-2/h9,11,13,15,21-23,25-28,32-35,37-39,43-48,54-56,58-60,66-67,70-71,87-89,94H,5-8,10,12,14,16-20,24,29-31,36,40-42,49-53,57,61-65,68-69,72-86H2,1-4H3,(H,99,100)(H,101,102)/b13-9-,15-11-,25-21-,26-22-,27-23-,32-28-,37-33-,38-34-,39-35-,46-43-,47-44-,48-45-,58-54-,59-55-,60-56-,70-66-,71-67-/t87-,88+,89+/m0/s1. The first kappa shape index (κ1) is 106. The van der Waals surface area contributed by atoms with Crippen LogP contribution in [0.3, 0.4) is 0 Å². The number of phosphoric acid groups is 2. The number of aliphatic hydroxyl groups is 1. The summed E-state index contributed by atoms with van der Waals surface area (Å²) >= 11 is 0. The lowest BCUT2D eigenvalue weighted by Crippen LogP contribution is -2.30. The van der Waals surface area contributed by atoms with Crippen LogP contribution in [0.25, 0.3) is 0 Å². The molecule has 5 atom stereocenters. The Morgan fingerprint density at radius 3 is 0.821 bits per heavy atom. The summed E-state index contributed by atoms with van der Waals surface area (Å²) in [5.41, 5.74) is 0. The maximum absolute atomic E-state index is 13.1. The third-order valence-corrected chi connectivity index (χ3v) is 18.6. The van der Waals surface area contributed by atoms with Crippen molar-refractivity contribution in [2.24, 2.45) is 0 Å². The van der Waals surface area contributed by atoms with Crippen molar-refractivity contribution in [2.75, 3.05) is 39.6 Å². The molecular weight excluding hydrogens is 1450 g/mol. The summed E-state index contributed by atoms with van der Waals surface area (Å²) in [5, 5.41) is 10.7. The summed E-state index contributed by atoms with van der Waals surface area (Å²) in [6.07, 6.45) is 104. The molecule has 0 rings (SSSR count). The molecule has 0 aromatic rings. The highest BCUT2D eigenvalue weighted by atomic mass is 31.2. The summed E-state index contributed by atoms with van der Waals surface area (Å²) in [6, 6.07) is 0. The second-order valence-electron chi connectivity index (χ2n) is 27.3. The van der Waals surface area contributed by atoms with E-state index in [1.165, 1.54) is 44.9 Å². The van der Waals surface area contributed by atoms with Gasteiger partial charge < -0.3 is 33.8 Å². The SMILES string of the molecule is CC/C=C\C/C=C\C/C=C\C/C=C\C/C=C\C/C=C\CCC(=O)OC[C@H](COP(=O)(O)OC[C@@H](O)COP(=O)(O)OC[C@@H](COC(=O)CCCCCCCCC/C=C\CCCCCC)OC(=O)CC/C=C\C/C=C\C/C=C\C/C=C\C/C=C\CCCCC)OC(=O)CCCCC/C=C\C/C=C\C/C=C\C/C=C\C/C=C\CC. The third-order valence-electron chi connectivity index (χ3n) is 16.7. The van der Waals surface area contributed by atoms with Gasteiger partial charge in [-0.05, 0) is 173 Å². The van der Waals surface area contributed by atoms with Crippen LogP contribution in [0.2, 0.25) is 0 Å². The number of rotatable bonds is 77. The average Bonchev–Trinajstić information content (AvgIpc) is 0.908. The molecule has 19 heteroatoms. The summed E-state index contributed by atoms with van der Waals surface area (Å²) in [4.78, 5) is 73.2. The van der Waals surface area contributed by atoms with Crippen molar-refractivity contribution in [3.8, 4) is 0 Å². The number of allylic oxidation sites excluding steroid dienone is 34. The Labute approximate surface area is 678 Å². The topological polar surface area (TPSA) is 237 Å². The van der Waals surface area contributed by atoms with Gasteiger partial charge in [-0.3, -0.25) is 37.3 Å². The third kappa shape index (κ3) is 81.6. The minimum atomic E-state index is -5.03. The number of hydrogen-bond acceptors (Lipinski definition) is 15. The van der Waals surface area contributed by atoms with Gasteiger partial charge in [-0.15, -0.1) is 0 Å². The average molecular weight is 1600 g/mol. The fraction of sp³-hybridized carbons (Fsp3) is 0.591. The van der Waals surface area contributed by atoms with E-state index in [2.05, 4.69) is 198 Å². The summed E-state index contributed by atoms with van der Waals surface area (Å²) < 4.78 is 68.6. The fourth-order valence-electron chi connectivity index (χ4n) is 10.4. The molecule has 632 valence electrons. The van der Waals surface area contributed by atoms with Gasteiger partial charge in [-0.1, -0.05) is 305 Å². The van der Waals surface area contributed by atoms with Crippen molar-refractivity contribution in [1.82, 2.24) is 0 Å². The van der Waals surface area contributed by atoms with Crippen LogP contribution in [0.1, 0.15) is 297 Å². The fourth-order valence-corrected chi connectivity index (χ4v) is 11.9. The Kier molecular flexibility index (Phi) is 77.9. The van der Waals surface area contributed by atoms with Gasteiger partial charge in [0.25, 0.3) is 0 Å². The van der Waals surface area contributed by atoms with Crippen molar-refractivity contribution < 1.29 is 80.2 Å². The number of aliphatic hydroxyl groups excluding tert-OH is 1. The molecule has 0 saturated carbocycles. The number of esters is 4. The Balaban J connectivity index is 5.58. The number of carbonyl (C=O) groups excluding carboxylic acids is 4. The van der Waals surface area contributed by atoms with Gasteiger partial charge in [0.2, 0.25) is 0 Å². The lowest BCUT2D eigenvalue weighted by atomic mass is 10.1. The smallest absolute Gasteiger partial charge is 0.462 e. The summed E-state index contributed by atoms with van der Waals surface area (Å²) in [6.45, 7) is 4.38. The van der Waals surface area contributed by atoms with E-state index in [4.69, 9.17) is 37.0 Å². The molecule has 0 fully saturated rings. The van der Waals surface area contributed by atoms with E-state index in [1.54, 1.807) is 0 Å². The number of hydrogen-bond donors (Lipinski definition) is 3. The molecule has 0 bridgehead atoms. The normalized spacial score (nSPS) is 14.8. The Hall–Kier alpha value is -6.36. The van der Waals surface area contributed by atoms with Crippen LogP contribution in [0, 0.1) is 0 Å². The zero-order valence-corrected chi connectivity index (χ0v) is 71.0. The number of phosphoric ester groups is 2. The van der Waals surface area contributed by atoms with Crippen molar-refractivity contribution in [2.45, 2.75) is 316 Å². The molecule has 0 heterocycles. The van der Waals surface area contributed by atoms with Gasteiger partial charge in [-0.2, -0.15) is 0 Å². The molecule has 2 unspecified atom stereocenters. The molecule has 0 saturated heterocycles. The van der Waals surface area contributed by atoms with Crippen molar-refractivity contribution >= 4 is 39.5 Å². The maximum atomic E-state index is 13.1. The zero-order chi connectivity index (χ0) is 81.7. The Morgan fingerprint density at radius 2 is 0.482 bits per heavy atom. The van der Waals surface area contributed by atoms with Crippen molar-refractivity contribution in [1.29, 1.82) is 0 Å². The molecule has 0 aromatic carbocycles. The van der Waals surface area contributed by atoms with Crippen LogP contribution in [-0.2, 0) is 65.4 Å². The second kappa shape index (κ2) is 82.6. The largest absolute Gasteiger partial charge is 0.472 e. The molecule has 0 amide bonds. The minimum Gasteiger partial charge on any atom is -0.462 e. The van der Waals surface area contributed by atoms with Crippen molar-refractivity contribution in [3.63, 3.8) is 0 Å². The number of carbonyl (C=O) groups is 4. The molecule has 17 nitrogen and oxygen atoms in total. The van der Waals surface area contributed by atoms with E-state index >= 15 is 0 Å². The van der Waals surface area contributed by atoms with Gasteiger partial charge >= 0.3 is 39.5 Å². The highest BCUT2D eigenvalue weighted by molar-refractivity contribution is 7.47. The van der Waals surface area contributed by atoms with Gasteiger partial charge in [0.1, 0.15) is 19.3 Å². The van der Waals surface area contributed by atoms with Crippen LogP contribution in [0.5, 0.6) is 0 Å². The number of ether oxygens (including phenoxy) is 4. The van der Waals surface area contributed by atoms with E-state index in [-0.39, 0.29) is 25.7 Å². The molecule has 0 aliphatic heterocycles.